The molecular weight excluding hydrogens is 326 g/mol. The van der Waals surface area contributed by atoms with Gasteiger partial charge in [0.1, 0.15) is 24.6 Å². The molecule has 1 aliphatic rings. The van der Waals surface area contributed by atoms with Crippen LogP contribution >= 0.6 is 0 Å². The molecule has 0 saturated carbocycles. The molecule has 2 aromatic heterocycles. The SMILES string of the molecule is CCCCC#Cc1nc2c(N)ncnc2n1[C@@H]1O[C@H](CO)C(O)C1O. The Morgan fingerprint density at radius 3 is 2.80 bits per heavy atom. The minimum absolute atomic E-state index is 0.187. The summed E-state index contributed by atoms with van der Waals surface area (Å²) in [6, 6.07) is 0. The maximum atomic E-state index is 10.3. The summed E-state index contributed by atoms with van der Waals surface area (Å²) in [6.07, 6.45) is -0.405. The molecule has 0 spiro atoms. The fourth-order valence-corrected chi connectivity index (χ4v) is 2.76. The second-order valence-electron chi connectivity index (χ2n) is 5.87. The third-order valence-electron chi connectivity index (χ3n) is 4.13. The average Bonchev–Trinajstić information content (AvgIpc) is 3.11. The zero-order valence-corrected chi connectivity index (χ0v) is 13.8. The first-order chi connectivity index (χ1) is 12.1. The van der Waals surface area contributed by atoms with E-state index in [2.05, 4.69) is 33.7 Å². The van der Waals surface area contributed by atoms with Gasteiger partial charge in [0.15, 0.2) is 29.0 Å². The smallest absolute Gasteiger partial charge is 0.189 e. The monoisotopic (exact) mass is 347 g/mol. The van der Waals surface area contributed by atoms with Gasteiger partial charge in [0.05, 0.1) is 6.61 Å². The van der Waals surface area contributed by atoms with Crippen LogP contribution in [0.3, 0.4) is 0 Å². The zero-order valence-electron chi connectivity index (χ0n) is 13.8. The second kappa shape index (κ2) is 7.33. The lowest BCUT2D eigenvalue weighted by Gasteiger charge is -2.17. The molecule has 9 heteroatoms. The molecule has 0 radical (unpaired) electrons. The Bertz CT molecular complexity index is 812. The highest BCUT2D eigenvalue weighted by Gasteiger charge is 2.44. The van der Waals surface area contributed by atoms with Crippen LogP contribution in [-0.4, -0.2) is 59.8 Å². The fraction of sp³-hybridized carbons (Fsp3) is 0.562. The predicted octanol–water partition coefficient (Wildman–Crippen LogP) is -0.438. The third-order valence-corrected chi connectivity index (χ3v) is 4.13. The van der Waals surface area contributed by atoms with Crippen molar-refractivity contribution >= 4 is 17.0 Å². The summed E-state index contributed by atoms with van der Waals surface area (Å²) in [5.41, 5.74) is 6.56. The van der Waals surface area contributed by atoms with Gasteiger partial charge in [-0.1, -0.05) is 19.3 Å². The number of hydrogen-bond donors (Lipinski definition) is 4. The van der Waals surface area contributed by atoms with E-state index in [0.717, 1.165) is 12.8 Å². The number of hydrogen-bond acceptors (Lipinski definition) is 8. The number of rotatable bonds is 4. The summed E-state index contributed by atoms with van der Waals surface area (Å²) in [6.45, 7) is 1.66. The first-order valence-corrected chi connectivity index (χ1v) is 8.18. The quantitative estimate of drug-likeness (QED) is 0.431. The summed E-state index contributed by atoms with van der Waals surface area (Å²) in [4.78, 5) is 12.5. The van der Waals surface area contributed by atoms with E-state index in [-0.39, 0.29) is 5.82 Å². The highest BCUT2D eigenvalue weighted by molar-refractivity contribution is 5.82. The van der Waals surface area contributed by atoms with Crippen molar-refractivity contribution in [1.82, 2.24) is 19.5 Å². The van der Waals surface area contributed by atoms with Crippen LogP contribution < -0.4 is 5.73 Å². The highest BCUT2D eigenvalue weighted by atomic mass is 16.6. The van der Waals surface area contributed by atoms with E-state index < -0.39 is 31.1 Å². The molecule has 0 aliphatic carbocycles. The Labute approximate surface area is 144 Å². The zero-order chi connectivity index (χ0) is 18.0. The van der Waals surface area contributed by atoms with Crippen molar-refractivity contribution in [2.24, 2.45) is 0 Å². The summed E-state index contributed by atoms with van der Waals surface area (Å²) < 4.78 is 7.10. The number of aliphatic hydroxyl groups is 3. The number of unbranched alkanes of at least 4 members (excludes halogenated alkanes) is 2. The first-order valence-electron chi connectivity index (χ1n) is 8.18. The normalized spacial score (nSPS) is 25.9. The van der Waals surface area contributed by atoms with Gasteiger partial charge in [-0.15, -0.1) is 0 Å². The molecule has 0 amide bonds. The fourth-order valence-electron chi connectivity index (χ4n) is 2.76. The minimum atomic E-state index is -1.26. The Kier molecular flexibility index (Phi) is 5.15. The van der Waals surface area contributed by atoms with Gasteiger partial charge < -0.3 is 25.8 Å². The van der Waals surface area contributed by atoms with Crippen molar-refractivity contribution < 1.29 is 20.1 Å². The van der Waals surface area contributed by atoms with Crippen LogP contribution in [0.1, 0.15) is 38.2 Å². The van der Waals surface area contributed by atoms with Gasteiger partial charge in [-0.05, 0) is 12.3 Å². The predicted molar refractivity (Wildman–Crippen MR) is 89.1 cm³/mol. The number of aromatic nitrogens is 4. The Morgan fingerprint density at radius 2 is 2.12 bits per heavy atom. The van der Waals surface area contributed by atoms with Gasteiger partial charge in [-0.3, -0.25) is 4.57 Å². The molecule has 0 bridgehead atoms. The molecule has 9 nitrogen and oxygen atoms in total. The molecule has 1 saturated heterocycles. The number of imidazole rings is 1. The van der Waals surface area contributed by atoms with Crippen molar-refractivity contribution in [1.29, 1.82) is 0 Å². The maximum Gasteiger partial charge on any atom is 0.189 e. The maximum absolute atomic E-state index is 10.3. The van der Waals surface area contributed by atoms with Crippen LogP contribution in [0, 0.1) is 11.8 Å². The van der Waals surface area contributed by atoms with Crippen LogP contribution in [0.15, 0.2) is 6.33 Å². The first kappa shape index (κ1) is 17.6. The van der Waals surface area contributed by atoms with E-state index >= 15 is 0 Å². The number of anilines is 1. The van der Waals surface area contributed by atoms with Crippen molar-refractivity contribution in [2.75, 3.05) is 12.3 Å². The Hall–Kier alpha value is -2.25. The number of nitrogens with zero attached hydrogens (tertiary/aromatic N) is 4. The van der Waals surface area contributed by atoms with Crippen molar-refractivity contribution in [3.05, 3.63) is 12.2 Å². The number of nitrogen functional groups attached to an aromatic ring is 1. The molecule has 3 rings (SSSR count). The molecule has 1 fully saturated rings. The van der Waals surface area contributed by atoms with E-state index in [4.69, 9.17) is 10.5 Å². The summed E-state index contributed by atoms with van der Waals surface area (Å²) in [5, 5.41) is 29.7. The molecular formula is C16H21N5O4. The van der Waals surface area contributed by atoms with Gasteiger partial charge in [0.2, 0.25) is 0 Å². The lowest BCUT2D eigenvalue weighted by Crippen LogP contribution is -2.33. The van der Waals surface area contributed by atoms with Crippen LogP contribution in [0.25, 0.3) is 11.2 Å². The molecule has 5 N–H and O–H groups in total. The summed E-state index contributed by atoms with van der Waals surface area (Å²) in [7, 11) is 0. The lowest BCUT2D eigenvalue weighted by molar-refractivity contribution is -0.0514. The molecule has 1 aliphatic heterocycles. The van der Waals surface area contributed by atoms with Crippen molar-refractivity contribution in [3.63, 3.8) is 0 Å². The number of nitrogens with two attached hydrogens (primary N) is 1. The van der Waals surface area contributed by atoms with Gasteiger partial charge in [-0.25, -0.2) is 15.0 Å². The Balaban J connectivity index is 2.08. The standard InChI is InChI=1S/C16H21N5O4/c1-2-3-4-5-6-10-20-11-14(17)18-8-19-15(11)21(10)16-13(24)12(23)9(7-22)25-16/h8-9,12-13,16,22-24H,2-4,7H2,1H3,(H2,17,18,19)/t9-,12?,13?,16-/m1/s1. The molecule has 0 aromatic carbocycles. The van der Waals surface area contributed by atoms with Gasteiger partial charge >= 0.3 is 0 Å². The molecule has 134 valence electrons. The van der Waals surface area contributed by atoms with E-state index in [1.165, 1.54) is 10.9 Å². The Morgan fingerprint density at radius 1 is 1.32 bits per heavy atom. The number of ether oxygens (including phenoxy) is 1. The highest BCUT2D eigenvalue weighted by Crippen LogP contribution is 2.33. The van der Waals surface area contributed by atoms with E-state index in [1.54, 1.807) is 0 Å². The van der Waals surface area contributed by atoms with E-state index in [0.29, 0.717) is 23.4 Å². The van der Waals surface area contributed by atoms with Crippen LogP contribution in [0.5, 0.6) is 0 Å². The molecule has 2 unspecified atom stereocenters. The summed E-state index contributed by atoms with van der Waals surface area (Å²) >= 11 is 0. The van der Waals surface area contributed by atoms with Gasteiger partial charge in [-0.2, -0.15) is 0 Å². The third kappa shape index (κ3) is 3.17. The van der Waals surface area contributed by atoms with Crippen molar-refractivity contribution in [2.45, 2.75) is 50.7 Å². The molecule has 2 aromatic rings. The topological polar surface area (TPSA) is 140 Å². The van der Waals surface area contributed by atoms with Crippen LogP contribution in [0.4, 0.5) is 5.82 Å². The minimum Gasteiger partial charge on any atom is -0.394 e. The number of fused-ring (bicyclic) bond motifs is 1. The molecule has 3 heterocycles. The summed E-state index contributed by atoms with van der Waals surface area (Å²) in [5.74, 6) is 6.48. The van der Waals surface area contributed by atoms with Crippen LogP contribution in [0.2, 0.25) is 0 Å². The average molecular weight is 347 g/mol. The van der Waals surface area contributed by atoms with Gasteiger partial charge in [0.25, 0.3) is 0 Å². The second-order valence-corrected chi connectivity index (χ2v) is 5.87. The van der Waals surface area contributed by atoms with E-state index in [9.17, 15) is 15.3 Å². The van der Waals surface area contributed by atoms with Crippen LogP contribution in [-0.2, 0) is 4.74 Å². The van der Waals surface area contributed by atoms with E-state index in [1.807, 2.05) is 0 Å². The van der Waals surface area contributed by atoms with Crippen molar-refractivity contribution in [3.8, 4) is 11.8 Å². The largest absolute Gasteiger partial charge is 0.394 e. The van der Waals surface area contributed by atoms with Gasteiger partial charge in [0, 0.05) is 6.42 Å². The molecule has 4 atom stereocenters. The molecule has 25 heavy (non-hydrogen) atoms. The number of aliphatic hydroxyl groups excluding tert-OH is 3. The lowest BCUT2D eigenvalue weighted by atomic mass is 10.1.